The average Bonchev–Trinajstić information content (AvgIpc) is 3.03. The second kappa shape index (κ2) is 6.04. The lowest BCUT2D eigenvalue weighted by Crippen LogP contribution is -2.28. The van der Waals surface area contributed by atoms with Gasteiger partial charge in [0.15, 0.2) is 0 Å². The molecule has 1 saturated carbocycles. The molecular formula is C12H16BrN3O2. The van der Waals surface area contributed by atoms with E-state index in [0.29, 0.717) is 31.1 Å². The third kappa shape index (κ3) is 4.18. The highest BCUT2D eigenvalue weighted by atomic mass is 79.9. The van der Waals surface area contributed by atoms with Crippen LogP contribution in [0.5, 0.6) is 0 Å². The molecule has 98 valence electrons. The first kappa shape index (κ1) is 13.1. The normalized spacial score (nSPS) is 14.3. The summed E-state index contributed by atoms with van der Waals surface area (Å²) in [5, 5.41) is 5.68. The van der Waals surface area contributed by atoms with Gasteiger partial charge in [-0.2, -0.15) is 0 Å². The van der Waals surface area contributed by atoms with Crippen molar-refractivity contribution in [2.75, 3.05) is 6.54 Å². The van der Waals surface area contributed by atoms with Gasteiger partial charge in [-0.3, -0.25) is 9.59 Å². The van der Waals surface area contributed by atoms with Gasteiger partial charge in [-0.25, -0.2) is 0 Å². The van der Waals surface area contributed by atoms with Gasteiger partial charge in [-0.1, -0.05) is 0 Å². The standard InChI is InChI=1S/C12H16BrN3O2/c13-8-6-10(15-7-8)12(18)14-5-1-2-11(17)16-9-3-4-9/h6-7,9,15H,1-5H2,(H,14,18)(H,16,17). The number of carbonyl (C=O) groups is 2. The zero-order chi connectivity index (χ0) is 13.0. The van der Waals surface area contributed by atoms with Crippen molar-refractivity contribution < 1.29 is 9.59 Å². The third-order valence-electron chi connectivity index (χ3n) is 2.70. The maximum absolute atomic E-state index is 11.6. The second-order valence-corrected chi connectivity index (χ2v) is 5.35. The molecule has 5 nitrogen and oxygen atoms in total. The van der Waals surface area contributed by atoms with Crippen LogP contribution in [-0.2, 0) is 4.79 Å². The summed E-state index contributed by atoms with van der Waals surface area (Å²) in [4.78, 5) is 25.9. The smallest absolute Gasteiger partial charge is 0.267 e. The second-order valence-electron chi connectivity index (χ2n) is 4.43. The molecule has 1 fully saturated rings. The fourth-order valence-electron chi connectivity index (χ4n) is 1.57. The van der Waals surface area contributed by atoms with E-state index in [2.05, 4.69) is 31.5 Å². The van der Waals surface area contributed by atoms with Gasteiger partial charge in [0, 0.05) is 29.7 Å². The van der Waals surface area contributed by atoms with Crippen molar-refractivity contribution in [1.29, 1.82) is 0 Å². The van der Waals surface area contributed by atoms with Gasteiger partial charge < -0.3 is 15.6 Å². The van der Waals surface area contributed by atoms with Crippen molar-refractivity contribution in [3.8, 4) is 0 Å². The number of rotatable bonds is 6. The summed E-state index contributed by atoms with van der Waals surface area (Å²) in [6.07, 6.45) is 5.03. The summed E-state index contributed by atoms with van der Waals surface area (Å²) in [5.74, 6) is -0.0716. The van der Waals surface area contributed by atoms with Crippen LogP contribution in [0.1, 0.15) is 36.2 Å². The fourth-order valence-corrected chi connectivity index (χ4v) is 1.92. The minimum atomic E-state index is -0.150. The van der Waals surface area contributed by atoms with E-state index in [1.54, 1.807) is 12.3 Å². The number of hydrogen-bond acceptors (Lipinski definition) is 2. The van der Waals surface area contributed by atoms with Crippen LogP contribution in [0.15, 0.2) is 16.7 Å². The van der Waals surface area contributed by atoms with Crippen LogP contribution >= 0.6 is 15.9 Å². The number of aromatic nitrogens is 1. The molecule has 6 heteroatoms. The molecule has 0 saturated heterocycles. The van der Waals surface area contributed by atoms with Crippen molar-refractivity contribution in [2.45, 2.75) is 31.7 Å². The predicted octanol–water partition coefficient (Wildman–Crippen LogP) is 1.57. The van der Waals surface area contributed by atoms with Crippen molar-refractivity contribution in [2.24, 2.45) is 0 Å². The summed E-state index contributed by atoms with van der Waals surface area (Å²) >= 11 is 3.27. The predicted molar refractivity (Wildman–Crippen MR) is 71.2 cm³/mol. The molecule has 1 aromatic heterocycles. The lowest BCUT2D eigenvalue weighted by molar-refractivity contribution is -0.121. The number of nitrogens with one attached hydrogen (secondary N) is 3. The number of hydrogen-bond donors (Lipinski definition) is 3. The van der Waals surface area contributed by atoms with Gasteiger partial charge in [0.1, 0.15) is 5.69 Å². The fraction of sp³-hybridized carbons (Fsp3) is 0.500. The van der Waals surface area contributed by atoms with Crippen LogP contribution in [0.3, 0.4) is 0 Å². The van der Waals surface area contributed by atoms with Crippen LogP contribution in [0.25, 0.3) is 0 Å². The Kier molecular flexibility index (Phi) is 4.41. The van der Waals surface area contributed by atoms with E-state index in [1.165, 1.54) is 0 Å². The summed E-state index contributed by atoms with van der Waals surface area (Å²) in [7, 11) is 0. The zero-order valence-corrected chi connectivity index (χ0v) is 11.5. The molecular weight excluding hydrogens is 298 g/mol. The molecule has 0 radical (unpaired) electrons. The van der Waals surface area contributed by atoms with Gasteiger partial charge in [0.05, 0.1) is 0 Å². The summed E-state index contributed by atoms with van der Waals surface area (Å²) in [5.41, 5.74) is 0.518. The highest BCUT2D eigenvalue weighted by Gasteiger charge is 2.22. The summed E-state index contributed by atoms with van der Waals surface area (Å²) in [6.45, 7) is 0.507. The Labute approximate surface area is 114 Å². The molecule has 18 heavy (non-hydrogen) atoms. The van der Waals surface area contributed by atoms with E-state index in [9.17, 15) is 9.59 Å². The molecule has 3 N–H and O–H groups in total. The van der Waals surface area contributed by atoms with Crippen LogP contribution in [0, 0.1) is 0 Å². The van der Waals surface area contributed by atoms with E-state index in [1.807, 2.05) is 0 Å². The first-order valence-electron chi connectivity index (χ1n) is 6.06. The largest absolute Gasteiger partial charge is 0.356 e. The topological polar surface area (TPSA) is 74.0 Å². The minimum absolute atomic E-state index is 0.0781. The molecule has 1 aliphatic carbocycles. The van der Waals surface area contributed by atoms with Gasteiger partial charge in [-0.15, -0.1) is 0 Å². The van der Waals surface area contributed by atoms with Crippen molar-refractivity contribution in [3.63, 3.8) is 0 Å². The molecule has 2 amide bonds. The maximum atomic E-state index is 11.6. The van der Waals surface area contributed by atoms with E-state index >= 15 is 0 Å². The summed E-state index contributed by atoms with van der Waals surface area (Å²) < 4.78 is 0.844. The number of amides is 2. The Morgan fingerprint density at radius 1 is 1.44 bits per heavy atom. The van der Waals surface area contributed by atoms with Crippen LogP contribution in [0.4, 0.5) is 0 Å². The molecule has 0 aliphatic heterocycles. The third-order valence-corrected chi connectivity index (χ3v) is 3.16. The Hall–Kier alpha value is -1.30. The molecule has 1 aromatic rings. The molecule has 0 aromatic carbocycles. The van der Waals surface area contributed by atoms with E-state index in [-0.39, 0.29) is 11.8 Å². The lowest BCUT2D eigenvalue weighted by atomic mass is 10.3. The average molecular weight is 314 g/mol. The zero-order valence-electron chi connectivity index (χ0n) is 9.96. The van der Waals surface area contributed by atoms with E-state index in [0.717, 1.165) is 17.3 Å². The monoisotopic (exact) mass is 313 g/mol. The molecule has 0 atom stereocenters. The molecule has 1 heterocycles. The highest BCUT2D eigenvalue weighted by Crippen LogP contribution is 2.18. The molecule has 1 aliphatic rings. The highest BCUT2D eigenvalue weighted by molar-refractivity contribution is 9.10. The quantitative estimate of drug-likeness (QED) is 0.697. The van der Waals surface area contributed by atoms with Gasteiger partial charge >= 0.3 is 0 Å². The maximum Gasteiger partial charge on any atom is 0.267 e. The number of H-pyrrole nitrogens is 1. The van der Waals surface area contributed by atoms with E-state index in [4.69, 9.17) is 0 Å². The Bertz CT molecular complexity index is 440. The number of carbonyl (C=O) groups excluding carboxylic acids is 2. The van der Waals surface area contributed by atoms with Crippen molar-refractivity contribution in [1.82, 2.24) is 15.6 Å². The van der Waals surface area contributed by atoms with Crippen molar-refractivity contribution in [3.05, 3.63) is 22.4 Å². The Morgan fingerprint density at radius 3 is 2.83 bits per heavy atom. The first-order valence-corrected chi connectivity index (χ1v) is 6.86. The molecule has 2 rings (SSSR count). The minimum Gasteiger partial charge on any atom is -0.356 e. The first-order chi connectivity index (χ1) is 8.65. The van der Waals surface area contributed by atoms with Gasteiger partial charge in [0.2, 0.25) is 5.91 Å². The van der Waals surface area contributed by atoms with Crippen LogP contribution in [-0.4, -0.2) is 29.4 Å². The van der Waals surface area contributed by atoms with Crippen LogP contribution in [0.2, 0.25) is 0 Å². The number of halogens is 1. The van der Waals surface area contributed by atoms with Crippen LogP contribution < -0.4 is 10.6 Å². The Balaban J connectivity index is 1.59. The van der Waals surface area contributed by atoms with Gasteiger partial charge in [0.25, 0.3) is 5.91 Å². The molecule has 0 bridgehead atoms. The number of aromatic amines is 1. The van der Waals surface area contributed by atoms with Gasteiger partial charge in [-0.05, 0) is 41.3 Å². The molecule has 0 unspecified atom stereocenters. The summed E-state index contributed by atoms with van der Waals surface area (Å²) in [6, 6.07) is 2.12. The molecule has 0 spiro atoms. The lowest BCUT2D eigenvalue weighted by Gasteiger charge is -2.04. The van der Waals surface area contributed by atoms with Crippen molar-refractivity contribution >= 4 is 27.7 Å². The van der Waals surface area contributed by atoms with E-state index < -0.39 is 0 Å². The Morgan fingerprint density at radius 2 is 2.22 bits per heavy atom. The SMILES string of the molecule is O=C(CCCNC(=O)c1cc(Br)c[nH]1)NC1CC1.